The molecule has 142 valence electrons. The van der Waals surface area contributed by atoms with Gasteiger partial charge in [-0.05, 0) is 6.42 Å². The van der Waals surface area contributed by atoms with Crippen LogP contribution in [-0.4, -0.2) is 6.15 Å². The Morgan fingerprint density at radius 2 is 0.920 bits per heavy atom. The van der Waals surface area contributed by atoms with Gasteiger partial charge in [0.05, 0.1) is 6.15 Å². The Kier molecular flexibility index (Phi) is 22.5. The molecule has 0 N–H and O–H groups in total. The molecule has 0 aromatic heterocycles. The van der Waals surface area contributed by atoms with Gasteiger partial charge >= 0.3 is 18.9 Å². The molecule has 25 heavy (non-hydrogen) atoms. The molecule has 0 aliphatic carbocycles. The Labute approximate surface area is 173 Å². The summed E-state index contributed by atoms with van der Waals surface area (Å²) in [6.45, 7) is 9.25. The van der Waals surface area contributed by atoms with Crippen molar-refractivity contribution in [1.82, 2.24) is 0 Å². The standard InChI is InChI=1S/C23H46B.Li/c1-5-9-13-14-15-19-23-24(20-16-10-6-2,21-17-11-7-3)22-18-12-8-4;/h5-18,20-22H2,1-4H3;/q-1;+1. The van der Waals surface area contributed by atoms with Crippen LogP contribution in [0.2, 0.25) is 19.0 Å². The maximum Gasteiger partial charge on any atom is 1.00 e. The first-order chi connectivity index (χ1) is 11.7. The molecule has 0 aromatic rings. The van der Waals surface area contributed by atoms with E-state index in [0.29, 0.717) is 0 Å². The largest absolute Gasteiger partial charge is 1.00 e. The second kappa shape index (κ2) is 20.5. The second-order valence-corrected chi connectivity index (χ2v) is 8.10. The first-order valence-corrected chi connectivity index (χ1v) is 11.4. The van der Waals surface area contributed by atoms with Crippen LogP contribution in [0.3, 0.4) is 0 Å². The summed E-state index contributed by atoms with van der Waals surface area (Å²) in [6.07, 6.45) is 22.7. The van der Waals surface area contributed by atoms with Crippen molar-refractivity contribution in [2.24, 2.45) is 0 Å². The third-order valence-electron chi connectivity index (χ3n) is 5.64. The molecule has 0 amide bonds. The smallest absolute Gasteiger partial charge is 0.315 e. The summed E-state index contributed by atoms with van der Waals surface area (Å²) in [7, 11) is 0. The van der Waals surface area contributed by atoms with Gasteiger partial charge in [-0.3, -0.25) is 0 Å². The van der Waals surface area contributed by atoms with E-state index in [4.69, 9.17) is 0 Å². The molecule has 0 nitrogen and oxygen atoms in total. The van der Waals surface area contributed by atoms with Crippen LogP contribution >= 0.6 is 0 Å². The summed E-state index contributed by atoms with van der Waals surface area (Å²) < 4.78 is 0. The average Bonchev–Trinajstić information content (AvgIpc) is 2.58. The number of unbranched alkanes of at least 4 members (excludes halogenated alkanes) is 10. The maximum absolute atomic E-state index is 3.90. The summed E-state index contributed by atoms with van der Waals surface area (Å²) >= 11 is 0. The van der Waals surface area contributed by atoms with Gasteiger partial charge in [-0.2, -0.15) is 24.9 Å². The average molecular weight is 340 g/mol. The van der Waals surface area contributed by atoms with Crippen molar-refractivity contribution in [2.45, 2.75) is 137 Å². The molecule has 0 saturated carbocycles. The van der Waals surface area contributed by atoms with Crippen molar-refractivity contribution < 1.29 is 18.9 Å². The predicted molar refractivity (Wildman–Crippen MR) is 115 cm³/mol. The molecule has 0 fully saturated rings. The molecule has 0 aliphatic rings. The van der Waals surface area contributed by atoms with E-state index in [9.17, 15) is 0 Å². The zero-order valence-corrected chi connectivity index (χ0v) is 18.6. The van der Waals surface area contributed by atoms with Gasteiger partial charge in [0.1, 0.15) is 0 Å². The van der Waals surface area contributed by atoms with Crippen LogP contribution in [0.15, 0.2) is 0 Å². The van der Waals surface area contributed by atoms with E-state index in [1.807, 2.05) is 0 Å². The van der Waals surface area contributed by atoms with Crippen LogP contribution in [0.4, 0.5) is 0 Å². The van der Waals surface area contributed by atoms with Crippen molar-refractivity contribution in [3.8, 4) is 11.7 Å². The fraction of sp³-hybridized carbons (Fsp3) is 0.913. The van der Waals surface area contributed by atoms with Gasteiger partial charge in [0.25, 0.3) is 0 Å². The Hall–Kier alpha value is 0.222. The van der Waals surface area contributed by atoms with E-state index in [-0.39, 0.29) is 18.9 Å². The van der Waals surface area contributed by atoms with E-state index in [1.165, 1.54) is 102 Å². The Balaban J connectivity index is 0. The second-order valence-electron chi connectivity index (χ2n) is 8.10. The summed E-state index contributed by atoms with van der Waals surface area (Å²) in [5.41, 5.74) is 0. The van der Waals surface area contributed by atoms with Crippen LogP contribution in [0.25, 0.3) is 0 Å². The minimum atomic E-state index is -0.416. The normalized spacial score (nSPS) is 10.9. The van der Waals surface area contributed by atoms with Crippen molar-refractivity contribution in [3.63, 3.8) is 0 Å². The van der Waals surface area contributed by atoms with Crippen LogP contribution in [0, 0.1) is 11.7 Å². The Bertz CT molecular complexity index is 289. The molecule has 0 atom stereocenters. The van der Waals surface area contributed by atoms with Crippen molar-refractivity contribution in [1.29, 1.82) is 0 Å². The van der Waals surface area contributed by atoms with E-state index < -0.39 is 6.15 Å². The topological polar surface area (TPSA) is 0 Å². The fourth-order valence-electron chi connectivity index (χ4n) is 3.93. The zero-order chi connectivity index (χ0) is 17.9. The molecule has 0 aliphatic heterocycles. The fourth-order valence-corrected chi connectivity index (χ4v) is 3.93. The molecule has 2 heteroatoms. The molecule has 0 unspecified atom stereocenters. The quantitative estimate of drug-likeness (QED) is 0.197. The third kappa shape index (κ3) is 16.1. The van der Waals surface area contributed by atoms with E-state index in [2.05, 4.69) is 39.4 Å². The SMILES string of the molecule is CCCCCCC#C[B-](CCCCC)(CCCCC)CCCCC.[Li+]. The molecule has 0 rings (SSSR count). The van der Waals surface area contributed by atoms with Crippen LogP contribution in [0.1, 0.15) is 118 Å². The van der Waals surface area contributed by atoms with Crippen LogP contribution in [-0.2, 0) is 0 Å². The van der Waals surface area contributed by atoms with E-state index in [0.717, 1.165) is 6.42 Å². The molecule has 0 spiro atoms. The minimum Gasteiger partial charge on any atom is -0.315 e. The van der Waals surface area contributed by atoms with Gasteiger partial charge in [-0.1, -0.05) is 105 Å². The third-order valence-corrected chi connectivity index (χ3v) is 5.64. The summed E-state index contributed by atoms with van der Waals surface area (Å²) in [4.78, 5) is 0. The Morgan fingerprint density at radius 1 is 0.520 bits per heavy atom. The van der Waals surface area contributed by atoms with E-state index >= 15 is 0 Å². The first kappa shape index (κ1) is 27.4. The molecular formula is C23H46BLi. The molecule has 0 saturated heterocycles. The van der Waals surface area contributed by atoms with Crippen molar-refractivity contribution in [2.75, 3.05) is 0 Å². The van der Waals surface area contributed by atoms with Crippen LogP contribution < -0.4 is 18.9 Å². The monoisotopic (exact) mass is 340 g/mol. The predicted octanol–water partition coefficient (Wildman–Crippen LogP) is 5.52. The molecule has 0 radical (unpaired) electrons. The minimum absolute atomic E-state index is 0. The Morgan fingerprint density at radius 3 is 1.32 bits per heavy atom. The number of hydrogen-bond acceptors (Lipinski definition) is 0. The van der Waals surface area contributed by atoms with Gasteiger partial charge in [-0.25, -0.2) is 0 Å². The summed E-state index contributed by atoms with van der Waals surface area (Å²) in [5.74, 6) is 7.54. The number of rotatable bonds is 16. The number of hydrogen-bond donors (Lipinski definition) is 0. The zero-order valence-electron chi connectivity index (χ0n) is 18.6. The molecule has 0 aromatic carbocycles. The summed E-state index contributed by atoms with van der Waals surface area (Å²) in [5, 5.41) is 0. The molecule has 0 bridgehead atoms. The van der Waals surface area contributed by atoms with Crippen LogP contribution in [0.5, 0.6) is 0 Å². The van der Waals surface area contributed by atoms with Crippen molar-refractivity contribution >= 4 is 6.15 Å². The summed E-state index contributed by atoms with van der Waals surface area (Å²) in [6, 6.07) is 0. The van der Waals surface area contributed by atoms with E-state index in [1.54, 1.807) is 0 Å². The van der Waals surface area contributed by atoms with Crippen molar-refractivity contribution in [3.05, 3.63) is 0 Å². The first-order valence-electron chi connectivity index (χ1n) is 11.4. The van der Waals surface area contributed by atoms with Gasteiger partial charge in [0, 0.05) is 6.42 Å². The van der Waals surface area contributed by atoms with Gasteiger partial charge in [0.2, 0.25) is 0 Å². The van der Waals surface area contributed by atoms with Gasteiger partial charge in [-0.15, -0.1) is 0 Å². The molecule has 0 heterocycles. The molecular weight excluding hydrogens is 294 g/mol. The van der Waals surface area contributed by atoms with Gasteiger partial charge < -0.3 is 5.82 Å². The maximum atomic E-state index is 3.90. The van der Waals surface area contributed by atoms with Gasteiger partial charge in [0.15, 0.2) is 0 Å².